The minimum Gasteiger partial charge on any atom is -0.493 e. The second-order valence-corrected chi connectivity index (χ2v) is 7.25. The summed E-state index contributed by atoms with van der Waals surface area (Å²) in [5, 5.41) is 4.96. The fourth-order valence-corrected chi connectivity index (χ4v) is 3.60. The van der Waals surface area contributed by atoms with Gasteiger partial charge in [-0.2, -0.15) is 0 Å². The topological polar surface area (TPSA) is 68.0 Å². The third-order valence-corrected chi connectivity index (χ3v) is 5.32. The molecule has 0 bridgehead atoms. The van der Waals surface area contributed by atoms with E-state index in [4.69, 9.17) is 14.0 Å². The Bertz CT molecular complexity index is 1040. The molecular weight excluding hydrogens is 389 g/mol. The summed E-state index contributed by atoms with van der Waals surface area (Å²) in [6.45, 7) is 6.14. The normalized spacial score (nSPS) is 14.8. The van der Waals surface area contributed by atoms with Gasteiger partial charge in [-0.25, -0.2) is 4.39 Å². The number of anilines is 1. The Balaban J connectivity index is 1.30. The van der Waals surface area contributed by atoms with Gasteiger partial charge in [0.05, 0.1) is 12.5 Å². The lowest BCUT2D eigenvalue weighted by Gasteiger charge is -2.34. The van der Waals surface area contributed by atoms with Crippen LogP contribution in [-0.2, 0) is 0 Å². The zero-order valence-electron chi connectivity index (χ0n) is 17.1. The van der Waals surface area contributed by atoms with E-state index in [9.17, 15) is 9.18 Å². The molecule has 0 saturated carbocycles. The quantitative estimate of drug-likeness (QED) is 0.550. The van der Waals surface area contributed by atoms with Gasteiger partial charge in [0.2, 0.25) is 0 Å². The van der Waals surface area contributed by atoms with Crippen molar-refractivity contribution in [2.24, 2.45) is 0 Å². The zero-order valence-corrected chi connectivity index (χ0v) is 17.1. The van der Waals surface area contributed by atoms with Crippen molar-refractivity contribution < 1.29 is 23.2 Å². The van der Waals surface area contributed by atoms with E-state index in [1.54, 1.807) is 31.4 Å². The number of benzene rings is 2. The smallest absolute Gasteiger partial charge is 0.180 e. The summed E-state index contributed by atoms with van der Waals surface area (Å²) in [7, 11) is 1.56. The van der Waals surface area contributed by atoms with Gasteiger partial charge >= 0.3 is 0 Å². The zero-order chi connectivity index (χ0) is 21.1. The first-order valence-corrected chi connectivity index (χ1v) is 9.89. The predicted octanol–water partition coefficient (Wildman–Crippen LogP) is 3.38. The molecule has 1 aliphatic heterocycles. The number of carbonyl (C=O) groups is 1. The molecule has 0 aliphatic carbocycles. The Hall–Kier alpha value is -3.13. The van der Waals surface area contributed by atoms with Crippen LogP contribution in [0.5, 0.6) is 11.5 Å². The first-order chi connectivity index (χ1) is 14.5. The van der Waals surface area contributed by atoms with Crippen molar-refractivity contribution in [1.29, 1.82) is 0 Å². The van der Waals surface area contributed by atoms with Gasteiger partial charge in [0.1, 0.15) is 12.4 Å². The van der Waals surface area contributed by atoms with Crippen molar-refractivity contribution >= 4 is 22.6 Å². The number of rotatable bonds is 7. The average molecular weight is 413 g/mol. The Labute approximate surface area is 173 Å². The molecule has 2 heterocycles. The van der Waals surface area contributed by atoms with Crippen LogP contribution in [0, 0.1) is 5.82 Å². The molecule has 0 atom stereocenters. The van der Waals surface area contributed by atoms with Crippen molar-refractivity contribution in [1.82, 2.24) is 10.1 Å². The fraction of sp³-hybridized carbons (Fsp3) is 0.364. The molecule has 1 aliphatic rings. The molecule has 158 valence electrons. The standard InChI is InChI=1S/C22H24FN3O4/c1-15(27)16-3-6-19(21(13-16)28-2)29-12-11-25-7-9-26(10-8-25)22-18-5-4-17(23)14-20(18)30-24-22/h3-6,13-14H,7-12H2,1-2H3. The Morgan fingerprint density at radius 1 is 1.13 bits per heavy atom. The first kappa shape index (κ1) is 20.2. The van der Waals surface area contributed by atoms with E-state index in [0.717, 1.165) is 43.9 Å². The van der Waals surface area contributed by atoms with Crippen LogP contribution in [0.2, 0.25) is 0 Å². The van der Waals surface area contributed by atoms with Gasteiger partial charge in [-0.1, -0.05) is 5.16 Å². The summed E-state index contributed by atoms with van der Waals surface area (Å²) in [6.07, 6.45) is 0. The average Bonchev–Trinajstić information content (AvgIpc) is 3.17. The number of methoxy groups -OCH3 is 1. The second-order valence-electron chi connectivity index (χ2n) is 7.25. The predicted molar refractivity (Wildman–Crippen MR) is 111 cm³/mol. The highest BCUT2D eigenvalue weighted by atomic mass is 19.1. The third-order valence-electron chi connectivity index (χ3n) is 5.32. The highest BCUT2D eigenvalue weighted by Crippen LogP contribution is 2.29. The maximum absolute atomic E-state index is 13.3. The van der Waals surface area contributed by atoms with Crippen LogP contribution in [0.25, 0.3) is 11.0 Å². The van der Waals surface area contributed by atoms with Gasteiger partial charge in [0, 0.05) is 44.4 Å². The molecule has 2 aromatic carbocycles. The van der Waals surface area contributed by atoms with Gasteiger partial charge in [-0.3, -0.25) is 9.69 Å². The van der Waals surface area contributed by atoms with Crippen molar-refractivity contribution in [3.05, 3.63) is 47.8 Å². The molecule has 0 spiro atoms. The van der Waals surface area contributed by atoms with Crippen molar-refractivity contribution in [3.8, 4) is 11.5 Å². The molecule has 30 heavy (non-hydrogen) atoms. The number of nitrogens with zero attached hydrogens (tertiary/aromatic N) is 3. The number of piperazine rings is 1. The number of carbonyl (C=O) groups excluding carboxylic acids is 1. The van der Waals surface area contributed by atoms with Gasteiger partial charge in [-0.05, 0) is 37.3 Å². The monoisotopic (exact) mass is 413 g/mol. The van der Waals surface area contributed by atoms with E-state index in [2.05, 4.69) is 15.0 Å². The minimum absolute atomic E-state index is 0.0113. The molecule has 4 rings (SSSR count). The summed E-state index contributed by atoms with van der Waals surface area (Å²) in [4.78, 5) is 16.0. The molecule has 0 N–H and O–H groups in total. The third kappa shape index (κ3) is 4.23. The maximum Gasteiger partial charge on any atom is 0.180 e. The lowest BCUT2D eigenvalue weighted by Crippen LogP contribution is -2.47. The minimum atomic E-state index is -0.331. The van der Waals surface area contributed by atoms with Crippen molar-refractivity contribution in [2.75, 3.05) is 51.3 Å². The highest BCUT2D eigenvalue weighted by Gasteiger charge is 2.22. The van der Waals surface area contributed by atoms with Crippen LogP contribution < -0.4 is 14.4 Å². The lowest BCUT2D eigenvalue weighted by molar-refractivity contribution is 0.101. The second kappa shape index (κ2) is 8.71. The van der Waals surface area contributed by atoms with E-state index in [0.29, 0.717) is 29.3 Å². The Morgan fingerprint density at radius 2 is 1.93 bits per heavy atom. The number of hydrogen-bond donors (Lipinski definition) is 0. The molecule has 0 amide bonds. The molecule has 0 radical (unpaired) electrons. The highest BCUT2D eigenvalue weighted by molar-refractivity contribution is 5.94. The van der Waals surface area contributed by atoms with Crippen molar-refractivity contribution in [2.45, 2.75) is 6.92 Å². The molecule has 1 saturated heterocycles. The molecular formula is C22H24FN3O4. The number of fused-ring (bicyclic) bond motifs is 1. The van der Waals surface area contributed by atoms with Gasteiger partial charge in [0.15, 0.2) is 28.7 Å². The molecule has 1 aromatic heterocycles. The molecule has 8 heteroatoms. The van der Waals surface area contributed by atoms with Crippen LogP contribution in [0.4, 0.5) is 10.2 Å². The van der Waals surface area contributed by atoms with Crippen LogP contribution in [0.3, 0.4) is 0 Å². The summed E-state index contributed by atoms with van der Waals surface area (Å²) in [6, 6.07) is 9.70. The van der Waals surface area contributed by atoms with Crippen LogP contribution in [-0.4, -0.2) is 62.3 Å². The van der Waals surface area contributed by atoms with E-state index in [1.807, 2.05) is 0 Å². The molecule has 7 nitrogen and oxygen atoms in total. The SMILES string of the molecule is COc1cc(C(C)=O)ccc1OCCN1CCN(c2noc3cc(F)ccc23)CC1. The molecule has 3 aromatic rings. The number of ketones is 1. The van der Waals surface area contributed by atoms with E-state index >= 15 is 0 Å². The summed E-state index contributed by atoms with van der Waals surface area (Å²) >= 11 is 0. The van der Waals surface area contributed by atoms with Gasteiger partial charge in [-0.15, -0.1) is 0 Å². The summed E-state index contributed by atoms with van der Waals surface area (Å²) in [5.41, 5.74) is 1.06. The van der Waals surface area contributed by atoms with Crippen LogP contribution >= 0.6 is 0 Å². The van der Waals surface area contributed by atoms with Gasteiger partial charge in [0.25, 0.3) is 0 Å². The number of Topliss-reactive ketones (excluding diaryl/α,β-unsaturated/α-hetero) is 1. The first-order valence-electron chi connectivity index (χ1n) is 9.89. The number of halogens is 1. The maximum atomic E-state index is 13.3. The fourth-order valence-electron chi connectivity index (χ4n) is 3.60. The molecule has 1 fully saturated rings. The lowest BCUT2D eigenvalue weighted by atomic mass is 10.1. The van der Waals surface area contributed by atoms with E-state index in [-0.39, 0.29) is 11.6 Å². The number of ether oxygens (including phenoxy) is 2. The Kier molecular flexibility index (Phi) is 5.85. The van der Waals surface area contributed by atoms with Crippen molar-refractivity contribution in [3.63, 3.8) is 0 Å². The number of aromatic nitrogens is 1. The van der Waals surface area contributed by atoms with Crippen LogP contribution in [0.15, 0.2) is 40.9 Å². The molecule has 0 unspecified atom stereocenters. The van der Waals surface area contributed by atoms with Gasteiger partial charge < -0.3 is 18.9 Å². The van der Waals surface area contributed by atoms with Crippen LogP contribution in [0.1, 0.15) is 17.3 Å². The van der Waals surface area contributed by atoms with E-state index in [1.165, 1.54) is 19.1 Å². The summed E-state index contributed by atoms with van der Waals surface area (Å²) < 4.78 is 29.8. The number of hydrogen-bond acceptors (Lipinski definition) is 7. The Morgan fingerprint density at radius 3 is 2.67 bits per heavy atom. The summed E-state index contributed by atoms with van der Waals surface area (Å²) in [5.74, 6) is 1.60. The largest absolute Gasteiger partial charge is 0.493 e. The van der Waals surface area contributed by atoms with E-state index < -0.39 is 0 Å².